The smallest absolute Gasteiger partial charge is 0.119 e. The fourth-order valence-electron chi connectivity index (χ4n) is 4.03. The highest BCUT2D eigenvalue weighted by Crippen LogP contribution is 2.16. The zero-order valence-electron chi connectivity index (χ0n) is 18.2. The quantitative estimate of drug-likeness (QED) is 0.313. The van der Waals surface area contributed by atoms with Crippen molar-refractivity contribution in [2.24, 2.45) is 0 Å². The molecule has 0 unspecified atom stereocenters. The lowest BCUT2D eigenvalue weighted by Crippen LogP contribution is -2.30. The fraction of sp³-hybridized carbons (Fsp3) is 0.538. The Labute approximate surface area is 194 Å². The van der Waals surface area contributed by atoms with E-state index in [1.54, 1.807) is 0 Å². The average molecular weight is 450 g/mol. The van der Waals surface area contributed by atoms with Crippen LogP contribution in [0.4, 0.5) is 0 Å². The van der Waals surface area contributed by atoms with Gasteiger partial charge in [-0.25, -0.2) is 0 Å². The molecular formula is C26H37Cl2NO. The summed E-state index contributed by atoms with van der Waals surface area (Å²) in [5.41, 5.74) is 2.67. The van der Waals surface area contributed by atoms with E-state index in [1.807, 2.05) is 12.1 Å². The Morgan fingerprint density at radius 2 is 1.27 bits per heavy atom. The Balaban J connectivity index is 0.00000320. The molecule has 166 valence electrons. The van der Waals surface area contributed by atoms with Crippen LogP contribution in [-0.4, -0.2) is 31.1 Å². The van der Waals surface area contributed by atoms with E-state index >= 15 is 0 Å². The number of rotatable bonds is 12. The van der Waals surface area contributed by atoms with Crippen LogP contribution in [0.5, 0.6) is 5.75 Å². The van der Waals surface area contributed by atoms with Crippen LogP contribution in [0.2, 0.25) is 5.02 Å². The van der Waals surface area contributed by atoms with E-state index in [-0.39, 0.29) is 12.4 Å². The van der Waals surface area contributed by atoms with Crippen LogP contribution in [0.1, 0.15) is 62.5 Å². The van der Waals surface area contributed by atoms with Gasteiger partial charge in [0.25, 0.3) is 0 Å². The van der Waals surface area contributed by atoms with Crippen LogP contribution in [0.3, 0.4) is 0 Å². The van der Waals surface area contributed by atoms with Crippen LogP contribution in [-0.2, 0) is 12.8 Å². The van der Waals surface area contributed by atoms with Gasteiger partial charge in [0.05, 0.1) is 6.61 Å². The molecule has 0 amide bonds. The maximum absolute atomic E-state index is 5.94. The summed E-state index contributed by atoms with van der Waals surface area (Å²) in [7, 11) is 0. The molecule has 2 aromatic carbocycles. The van der Waals surface area contributed by atoms with Crippen LogP contribution in [0.15, 0.2) is 48.5 Å². The van der Waals surface area contributed by atoms with Gasteiger partial charge in [0.15, 0.2) is 0 Å². The lowest BCUT2D eigenvalue weighted by molar-refractivity contribution is 0.223. The minimum Gasteiger partial charge on any atom is -0.494 e. The van der Waals surface area contributed by atoms with Crippen molar-refractivity contribution in [3.63, 3.8) is 0 Å². The standard InChI is InChI=1S/C26H36ClNO.ClH/c27-25-15-11-23(12-16-25)9-10-24-13-17-26(18-14-24)29-22-8-3-1-2-5-19-28-20-6-4-7-21-28;/h11-18H,1-10,19-22H2;1H. The number of nitrogens with zero attached hydrogens (tertiary/aromatic N) is 1. The molecule has 1 aliphatic heterocycles. The first-order valence-corrected chi connectivity index (χ1v) is 11.9. The molecule has 0 saturated carbocycles. The number of likely N-dealkylation sites (tertiary alicyclic amines) is 1. The molecule has 0 bridgehead atoms. The van der Waals surface area contributed by atoms with E-state index in [2.05, 4.69) is 41.3 Å². The van der Waals surface area contributed by atoms with E-state index in [9.17, 15) is 0 Å². The first kappa shape index (κ1) is 25.0. The monoisotopic (exact) mass is 449 g/mol. The molecule has 0 spiro atoms. The molecule has 2 nitrogen and oxygen atoms in total. The summed E-state index contributed by atoms with van der Waals surface area (Å²) < 4.78 is 5.92. The maximum Gasteiger partial charge on any atom is 0.119 e. The molecule has 3 rings (SSSR count). The van der Waals surface area contributed by atoms with Crippen molar-refractivity contribution in [2.75, 3.05) is 26.2 Å². The second-order valence-corrected chi connectivity index (χ2v) is 8.73. The van der Waals surface area contributed by atoms with Crippen molar-refractivity contribution < 1.29 is 4.74 Å². The number of aryl methyl sites for hydroxylation is 2. The number of halogens is 2. The third kappa shape index (κ3) is 9.73. The SMILES string of the molecule is Cl.Clc1ccc(CCc2ccc(OCCCCCCCN3CCCCC3)cc2)cc1. The Morgan fingerprint density at radius 1 is 0.700 bits per heavy atom. The van der Waals surface area contributed by atoms with Crippen LogP contribution in [0, 0.1) is 0 Å². The van der Waals surface area contributed by atoms with Gasteiger partial charge in [-0.05, 0) is 93.6 Å². The highest BCUT2D eigenvalue weighted by Gasteiger charge is 2.08. The van der Waals surface area contributed by atoms with Gasteiger partial charge in [0.2, 0.25) is 0 Å². The number of hydrogen-bond donors (Lipinski definition) is 0. The second-order valence-electron chi connectivity index (χ2n) is 8.29. The Morgan fingerprint density at radius 3 is 1.93 bits per heavy atom. The third-order valence-corrected chi connectivity index (χ3v) is 6.13. The molecule has 1 heterocycles. The van der Waals surface area contributed by atoms with E-state index in [1.165, 1.54) is 75.7 Å². The minimum atomic E-state index is 0. The highest BCUT2D eigenvalue weighted by molar-refractivity contribution is 6.30. The Hall–Kier alpha value is -1.22. The van der Waals surface area contributed by atoms with Gasteiger partial charge in [-0.2, -0.15) is 0 Å². The summed E-state index contributed by atoms with van der Waals surface area (Å²) in [6.07, 6.45) is 12.8. The number of piperidine rings is 1. The van der Waals surface area contributed by atoms with Gasteiger partial charge in [0, 0.05) is 5.02 Å². The van der Waals surface area contributed by atoms with Crippen molar-refractivity contribution in [3.05, 3.63) is 64.7 Å². The zero-order valence-corrected chi connectivity index (χ0v) is 19.7. The molecule has 0 aliphatic carbocycles. The predicted octanol–water partition coefficient (Wildman–Crippen LogP) is 7.36. The third-order valence-electron chi connectivity index (χ3n) is 5.88. The molecule has 0 atom stereocenters. The van der Waals surface area contributed by atoms with Gasteiger partial charge in [-0.1, -0.05) is 61.5 Å². The van der Waals surface area contributed by atoms with Gasteiger partial charge in [0.1, 0.15) is 5.75 Å². The number of hydrogen-bond acceptors (Lipinski definition) is 2. The summed E-state index contributed by atoms with van der Waals surface area (Å²) in [6, 6.07) is 16.7. The number of unbranched alkanes of at least 4 members (excludes halogenated alkanes) is 4. The fourth-order valence-corrected chi connectivity index (χ4v) is 4.16. The second kappa shape index (κ2) is 14.7. The van der Waals surface area contributed by atoms with Gasteiger partial charge in [-0.15, -0.1) is 12.4 Å². The lowest BCUT2D eigenvalue weighted by atomic mass is 10.0. The van der Waals surface area contributed by atoms with Gasteiger partial charge < -0.3 is 9.64 Å². The first-order valence-electron chi connectivity index (χ1n) is 11.5. The van der Waals surface area contributed by atoms with E-state index in [0.29, 0.717) is 0 Å². The van der Waals surface area contributed by atoms with Crippen molar-refractivity contribution >= 4 is 24.0 Å². The molecule has 0 N–H and O–H groups in total. The van der Waals surface area contributed by atoms with Crippen molar-refractivity contribution in [1.82, 2.24) is 4.90 Å². The predicted molar refractivity (Wildman–Crippen MR) is 131 cm³/mol. The molecule has 2 aromatic rings. The maximum atomic E-state index is 5.94. The normalized spacial score (nSPS) is 14.3. The Kier molecular flexibility index (Phi) is 12.3. The van der Waals surface area contributed by atoms with Crippen molar-refractivity contribution in [3.8, 4) is 5.75 Å². The highest BCUT2D eigenvalue weighted by atomic mass is 35.5. The van der Waals surface area contributed by atoms with E-state index in [4.69, 9.17) is 16.3 Å². The zero-order chi connectivity index (χ0) is 20.2. The number of benzene rings is 2. The molecule has 0 aromatic heterocycles. The largest absolute Gasteiger partial charge is 0.494 e. The minimum absolute atomic E-state index is 0. The summed E-state index contributed by atoms with van der Waals surface area (Å²) in [5.74, 6) is 0.991. The van der Waals surface area contributed by atoms with Crippen LogP contribution < -0.4 is 4.74 Å². The van der Waals surface area contributed by atoms with E-state index < -0.39 is 0 Å². The summed E-state index contributed by atoms with van der Waals surface area (Å²) in [6.45, 7) is 4.79. The molecule has 30 heavy (non-hydrogen) atoms. The van der Waals surface area contributed by atoms with Crippen molar-refractivity contribution in [1.29, 1.82) is 0 Å². The lowest BCUT2D eigenvalue weighted by Gasteiger charge is -2.26. The molecular weight excluding hydrogens is 413 g/mol. The van der Waals surface area contributed by atoms with Gasteiger partial charge in [-0.3, -0.25) is 0 Å². The number of ether oxygens (including phenoxy) is 1. The first-order chi connectivity index (χ1) is 14.3. The molecule has 1 fully saturated rings. The van der Waals surface area contributed by atoms with Gasteiger partial charge >= 0.3 is 0 Å². The van der Waals surface area contributed by atoms with Crippen LogP contribution >= 0.6 is 24.0 Å². The summed E-state index contributed by atoms with van der Waals surface area (Å²) in [5, 5.41) is 0.799. The van der Waals surface area contributed by atoms with Crippen molar-refractivity contribution in [2.45, 2.75) is 64.2 Å². The molecule has 0 radical (unpaired) electrons. The van der Waals surface area contributed by atoms with Crippen LogP contribution in [0.25, 0.3) is 0 Å². The summed E-state index contributed by atoms with van der Waals surface area (Å²) in [4.78, 5) is 2.64. The topological polar surface area (TPSA) is 12.5 Å². The molecule has 4 heteroatoms. The molecule has 1 saturated heterocycles. The molecule has 1 aliphatic rings. The summed E-state index contributed by atoms with van der Waals surface area (Å²) >= 11 is 5.94. The average Bonchev–Trinajstić information content (AvgIpc) is 2.77. The van der Waals surface area contributed by atoms with E-state index in [0.717, 1.165) is 36.6 Å². The Bertz CT molecular complexity index is 681.